The lowest BCUT2D eigenvalue weighted by molar-refractivity contribution is -0.126. The molecule has 4 heteroatoms. The highest BCUT2D eigenvalue weighted by Crippen LogP contribution is 2.36. The van der Waals surface area contributed by atoms with Crippen molar-refractivity contribution in [2.24, 2.45) is 0 Å². The summed E-state index contributed by atoms with van der Waals surface area (Å²) in [4.78, 5) is 29.0. The Labute approximate surface area is 190 Å². The van der Waals surface area contributed by atoms with Crippen molar-refractivity contribution >= 4 is 17.5 Å². The molecule has 32 heavy (non-hydrogen) atoms. The minimum atomic E-state index is -1.04. The van der Waals surface area contributed by atoms with E-state index < -0.39 is 5.54 Å². The molecule has 0 radical (unpaired) electrons. The highest BCUT2D eigenvalue weighted by atomic mass is 16.2. The number of nitrogens with zero attached hydrogens (tertiary/aromatic N) is 1. The van der Waals surface area contributed by atoms with E-state index in [1.54, 1.807) is 4.90 Å². The smallest absolute Gasteiger partial charge is 0.259 e. The Morgan fingerprint density at radius 3 is 2.47 bits per heavy atom. The molecule has 1 aliphatic rings. The second kappa shape index (κ2) is 8.62. The van der Waals surface area contributed by atoms with E-state index in [0.717, 1.165) is 22.4 Å². The van der Waals surface area contributed by atoms with Gasteiger partial charge in [-0.25, -0.2) is 0 Å². The Bertz CT molecular complexity index is 1150. The Kier molecular flexibility index (Phi) is 5.88. The lowest BCUT2D eigenvalue weighted by atomic mass is 9.82. The molecule has 1 unspecified atom stereocenters. The molecule has 0 bridgehead atoms. The first-order chi connectivity index (χ1) is 15.3. The van der Waals surface area contributed by atoms with Gasteiger partial charge in [-0.3, -0.25) is 14.5 Å². The number of anilines is 1. The van der Waals surface area contributed by atoms with Crippen LogP contribution >= 0.6 is 0 Å². The molecule has 3 aromatic rings. The van der Waals surface area contributed by atoms with Crippen LogP contribution in [0.25, 0.3) is 0 Å². The van der Waals surface area contributed by atoms with E-state index in [1.165, 1.54) is 5.56 Å². The molecule has 3 aromatic carbocycles. The Morgan fingerprint density at radius 2 is 1.75 bits per heavy atom. The summed E-state index contributed by atoms with van der Waals surface area (Å²) in [5.41, 5.74) is 4.63. The number of aryl methyl sites for hydroxylation is 1. The van der Waals surface area contributed by atoms with Gasteiger partial charge in [0, 0.05) is 24.2 Å². The standard InChI is InChI=1S/C28H30N2O2/c1-19(2)22-9-7-10-24(16-22)30-26(31)25-11-6-5-8-23(25)17-28(30,4)27(32)29-18-21-14-12-20(3)13-15-21/h5-16,19H,17-18H2,1-4H3,(H,29,32). The maximum atomic E-state index is 13.7. The van der Waals surface area contributed by atoms with Gasteiger partial charge in [0.05, 0.1) is 0 Å². The number of nitrogens with one attached hydrogen (secondary N) is 1. The van der Waals surface area contributed by atoms with E-state index in [1.807, 2.05) is 80.6 Å². The normalized spacial score (nSPS) is 17.9. The van der Waals surface area contributed by atoms with Crippen LogP contribution in [-0.2, 0) is 17.8 Å². The molecule has 0 aliphatic carbocycles. The van der Waals surface area contributed by atoms with Crippen molar-refractivity contribution in [1.82, 2.24) is 5.32 Å². The predicted octanol–water partition coefficient (Wildman–Crippen LogP) is 5.40. The Morgan fingerprint density at radius 1 is 1.03 bits per heavy atom. The molecule has 0 saturated carbocycles. The molecule has 164 valence electrons. The summed E-state index contributed by atoms with van der Waals surface area (Å²) in [5.74, 6) is 0.0281. The molecular weight excluding hydrogens is 396 g/mol. The number of hydrogen-bond acceptors (Lipinski definition) is 2. The number of benzene rings is 3. The SMILES string of the molecule is Cc1ccc(CNC(=O)C2(C)Cc3ccccc3C(=O)N2c2cccc(C(C)C)c2)cc1. The number of carbonyl (C=O) groups is 2. The molecule has 0 saturated heterocycles. The Balaban J connectivity index is 1.72. The number of amides is 2. The second-order valence-corrected chi connectivity index (χ2v) is 9.17. The third-order valence-corrected chi connectivity index (χ3v) is 6.34. The molecule has 0 aromatic heterocycles. The van der Waals surface area contributed by atoms with Gasteiger partial charge in [0.1, 0.15) is 5.54 Å². The van der Waals surface area contributed by atoms with Crippen molar-refractivity contribution in [2.75, 3.05) is 4.90 Å². The van der Waals surface area contributed by atoms with Gasteiger partial charge < -0.3 is 5.32 Å². The van der Waals surface area contributed by atoms with Gasteiger partial charge in [0.25, 0.3) is 5.91 Å². The average molecular weight is 427 g/mol. The fraction of sp³-hybridized carbons (Fsp3) is 0.286. The lowest BCUT2D eigenvalue weighted by Crippen LogP contribution is -2.63. The average Bonchev–Trinajstić information content (AvgIpc) is 2.78. The van der Waals surface area contributed by atoms with Crippen molar-refractivity contribution in [3.8, 4) is 0 Å². The van der Waals surface area contributed by atoms with Gasteiger partial charge in [0.2, 0.25) is 5.91 Å². The van der Waals surface area contributed by atoms with Crippen LogP contribution in [0.1, 0.15) is 59.3 Å². The van der Waals surface area contributed by atoms with Crippen LogP contribution in [0.3, 0.4) is 0 Å². The molecule has 4 nitrogen and oxygen atoms in total. The first kappa shape index (κ1) is 21.8. The maximum Gasteiger partial charge on any atom is 0.259 e. The monoisotopic (exact) mass is 426 g/mol. The minimum absolute atomic E-state index is 0.138. The van der Waals surface area contributed by atoms with Crippen molar-refractivity contribution in [3.63, 3.8) is 0 Å². The number of fused-ring (bicyclic) bond motifs is 1. The number of hydrogen-bond donors (Lipinski definition) is 1. The van der Waals surface area contributed by atoms with E-state index in [9.17, 15) is 9.59 Å². The van der Waals surface area contributed by atoms with Crippen LogP contribution in [0.15, 0.2) is 72.8 Å². The fourth-order valence-electron chi connectivity index (χ4n) is 4.36. The van der Waals surface area contributed by atoms with Gasteiger partial charge in [-0.2, -0.15) is 0 Å². The van der Waals surface area contributed by atoms with Crippen LogP contribution in [0.2, 0.25) is 0 Å². The number of rotatable bonds is 5. The van der Waals surface area contributed by atoms with Gasteiger partial charge >= 0.3 is 0 Å². The second-order valence-electron chi connectivity index (χ2n) is 9.17. The summed E-state index contributed by atoms with van der Waals surface area (Å²) < 4.78 is 0. The van der Waals surface area contributed by atoms with Crippen LogP contribution in [-0.4, -0.2) is 17.4 Å². The predicted molar refractivity (Wildman–Crippen MR) is 129 cm³/mol. The van der Waals surface area contributed by atoms with E-state index in [4.69, 9.17) is 0 Å². The largest absolute Gasteiger partial charge is 0.350 e. The molecule has 1 aliphatic heterocycles. The van der Waals surface area contributed by atoms with Crippen molar-refractivity contribution < 1.29 is 9.59 Å². The van der Waals surface area contributed by atoms with E-state index in [-0.39, 0.29) is 11.8 Å². The van der Waals surface area contributed by atoms with E-state index in [0.29, 0.717) is 24.4 Å². The summed E-state index contributed by atoms with van der Waals surface area (Å²) in [6.07, 6.45) is 0.459. The van der Waals surface area contributed by atoms with E-state index >= 15 is 0 Å². The van der Waals surface area contributed by atoms with Crippen molar-refractivity contribution in [1.29, 1.82) is 0 Å². The highest BCUT2D eigenvalue weighted by Gasteiger charge is 2.47. The zero-order valence-corrected chi connectivity index (χ0v) is 19.2. The van der Waals surface area contributed by atoms with Gasteiger partial charge in [0.15, 0.2) is 0 Å². The highest BCUT2D eigenvalue weighted by molar-refractivity contribution is 6.14. The molecule has 2 amide bonds. The van der Waals surface area contributed by atoms with Crippen LogP contribution in [0, 0.1) is 6.92 Å². The maximum absolute atomic E-state index is 13.7. The zero-order valence-electron chi connectivity index (χ0n) is 19.2. The summed E-state index contributed by atoms with van der Waals surface area (Å²) >= 11 is 0. The third-order valence-electron chi connectivity index (χ3n) is 6.34. The van der Waals surface area contributed by atoms with E-state index in [2.05, 4.69) is 25.2 Å². The van der Waals surface area contributed by atoms with Crippen molar-refractivity contribution in [2.45, 2.75) is 52.1 Å². The molecule has 1 N–H and O–H groups in total. The van der Waals surface area contributed by atoms with Gasteiger partial charge in [-0.05, 0) is 54.7 Å². The third kappa shape index (κ3) is 4.05. The van der Waals surface area contributed by atoms with Crippen LogP contribution in [0.4, 0.5) is 5.69 Å². The lowest BCUT2D eigenvalue weighted by Gasteiger charge is -2.44. The first-order valence-electron chi connectivity index (χ1n) is 11.2. The summed E-state index contributed by atoms with van der Waals surface area (Å²) in [7, 11) is 0. The van der Waals surface area contributed by atoms with Crippen LogP contribution < -0.4 is 10.2 Å². The van der Waals surface area contributed by atoms with Crippen molar-refractivity contribution in [3.05, 3.63) is 101 Å². The number of carbonyl (C=O) groups excluding carboxylic acids is 2. The summed E-state index contributed by atoms with van der Waals surface area (Å²) in [5, 5.41) is 3.08. The summed E-state index contributed by atoms with van der Waals surface area (Å²) in [6, 6.07) is 23.7. The first-order valence-corrected chi connectivity index (χ1v) is 11.2. The molecule has 1 heterocycles. The molecule has 1 atom stereocenters. The molecule has 0 fully saturated rings. The fourth-order valence-corrected chi connectivity index (χ4v) is 4.36. The molecule has 4 rings (SSSR count). The Hall–Kier alpha value is -3.40. The summed E-state index contributed by atoms with van der Waals surface area (Å²) in [6.45, 7) is 8.58. The quantitative estimate of drug-likeness (QED) is 0.594. The molecular formula is C28H30N2O2. The van der Waals surface area contributed by atoms with Gasteiger partial charge in [-0.1, -0.05) is 74.0 Å². The van der Waals surface area contributed by atoms with Crippen LogP contribution in [0.5, 0.6) is 0 Å². The zero-order chi connectivity index (χ0) is 22.9. The topological polar surface area (TPSA) is 49.4 Å². The molecule has 0 spiro atoms. The van der Waals surface area contributed by atoms with Gasteiger partial charge in [-0.15, -0.1) is 0 Å². The minimum Gasteiger partial charge on any atom is -0.350 e.